The lowest BCUT2D eigenvalue weighted by Crippen LogP contribution is -2.18. The van der Waals surface area contributed by atoms with E-state index in [9.17, 15) is 14.9 Å². The van der Waals surface area contributed by atoms with Crippen LogP contribution >= 0.6 is 0 Å². The molecule has 0 bridgehead atoms. The average molecular weight is 303 g/mol. The predicted octanol–water partition coefficient (Wildman–Crippen LogP) is 2.93. The van der Waals surface area contributed by atoms with Gasteiger partial charge in [0.15, 0.2) is 0 Å². The first kappa shape index (κ1) is 15.2. The van der Waals surface area contributed by atoms with Crippen LogP contribution in [0.1, 0.15) is 12.7 Å². The van der Waals surface area contributed by atoms with Crippen molar-refractivity contribution in [3.05, 3.63) is 52.3 Å². The Morgan fingerprint density at radius 1 is 1.41 bits per heavy atom. The molecule has 114 valence electrons. The molecule has 8 heteroatoms. The molecule has 1 aromatic heterocycles. The first-order chi connectivity index (χ1) is 10.6. The standard InChI is InChI=1S/C14H13N3O5/c1-2-21-14(18)16-15-9-10-7-8-13(22-10)11-5-3-4-6-12(11)17(19)20/h3-9H,2H2,1H3,(H,16,18)/b15-9+. The maximum Gasteiger partial charge on any atom is 0.427 e. The number of para-hydroxylation sites is 1. The monoisotopic (exact) mass is 303 g/mol. The maximum absolute atomic E-state index is 11.0. The number of nitrogens with one attached hydrogen (secondary N) is 1. The molecule has 22 heavy (non-hydrogen) atoms. The number of ether oxygens (including phenoxy) is 1. The predicted molar refractivity (Wildman–Crippen MR) is 78.6 cm³/mol. The van der Waals surface area contributed by atoms with Gasteiger partial charge in [-0.25, -0.2) is 10.2 Å². The Kier molecular flexibility index (Phi) is 4.86. The van der Waals surface area contributed by atoms with E-state index in [0.29, 0.717) is 17.1 Å². The average Bonchev–Trinajstić information content (AvgIpc) is 2.96. The van der Waals surface area contributed by atoms with Crippen molar-refractivity contribution in [3.8, 4) is 11.3 Å². The molecular formula is C14H13N3O5. The zero-order valence-corrected chi connectivity index (χ0v) is 11.7. The molecule has 0 spiro atoms. The van der Waals surface area contributed by atoms with Crippen molar-refractivity contribution in [2.45, 2.75) is 6.92 Å². The zero-order valence-electron chi connectivity index (χ0n) is 11.7. The molecule has 0 unspecified atom stereocenters. The van der Waals surface area contributed by atoms with Crippen LogP contribution in [0, 0.1) is 10.1 Å². The van der Waals surface area contributed by atoms with Gasteiger partial charge in [-0.2, -0.15) is 5.10 Å². The minimum atomic E-state index is -0.677. The summed E-state index contributed by atoms with van der Waals surface area (Å²) in [6, 6.07) is 9.43. The fraction of sp³-hybridized carbons (Fsp3) is 0.143. The summed E-state index contributed by atoms with van der Waals surface area (Å²) in [6.45, 7) is 1.92. The van der Waals surface area contributed by atoms with E-state index in [1.165, 1.54) is 12.3 Å². The third-order valence-corrected chi connectivity index (χ3v) is 2.62. The van der Waals surface area contributed by atoms with E-state index >= 15 is 0 Å². The summed E-state index contributed by atoms with van der Waals surface area (Å²) in [5, 5.41) is 14.6. The molecule has 2 aromatic rings. The summed E-state index contributed by atoms with van der Waals surface area (Å²) < 4.78 is 10.1. The molecule has 8 nitrogen and oxygen atoms in total. The van der Waals surface area contributed by atoms with Gasteiger partial charge < -0.3 is 9.15 Å². The minimum absolute atomic E-state index is 0.0509. The van der Waals surface area contributed by atoms with Crippen LogP contribution in [-0.2, 0) is 4.74 Å². The third kappa shape index (κ3) is 3.69. The molecule has 0 radical (unpaired) electrons. The number of benzene rings is 1. The summed E-state index contributed by atoms with van der Waals surface area (Å²) in [5.74, 6) is 0.676. The number of carbonyl (C=O) groups is 1. The van der Waals surface area contributed by atoms with E-state index in [2.05, 4.69) is 15.3 Å². The quantitative estimate of drug-likeness (QED) is 0.519. The van der Waals surface area contributed by atoms with Crippen molar-refractivity contribution >= 4 is 18.0 Å². The van der Waals surface area contributed by atoms with Gasteiger partial charge in [-0.3, -0.25) is 10.1 Å². The van der Waals surface area contributed by atoms with Gasteiger partial charge in [0.1, 0.15) is 11.5 Å². The molecule has 0 atom stereocenters. The van der Waals surface area contributed by atoms with Gasteiger partial charge in [-0.05, 0) is 25.1 Å². The van der Waals surface area contributed by atoms with Crippen molar-refractivity contribution in [2.24, 2.45) is 5.10 Å². The van der Waals surface area contributed by atoms with E-state index in [4.69, 9.17) is 4.42 Å². The number of hydrogen-bond donors (Lipinski definition) is 1. The summed E-state index contributed by atoms with van der Waals surface area (Å²) in [4.78, 5) is 21.5. The molecule has 0 aliphatic rings. The van der Waals surface area contributed by atoms with Gasteiger partial charge in [-0.15, -0.1) is 0 Å². The molecule has 1 aromatic carbocycles. The smallest absolute Gasteiger partial charge is 0.427 e. The van der Waals surface area contributed by atoms with Crippen LogP contribution in [0.5, 0.6) is 0 Å². The summed E-state index contributed by atoms with van der Waals surface area (Å²) in [7, 11) is 0. The number of furan rings is 1. The van der Waals surface area contributed by atoms with Crippen molar-refractivity contribution < 1.29 is 18.9 Å². The van der Waals surface area contributed by atoms with Crippen LogP contribution in [-0.4, -0.2) is 23.8 Å². The number of hydrogen-bond acceptors (Lipinski definition) is 6. The largest absolute Gasteiger partial charge is 0.455 e. The lowest BCUT2D eigenvalue weighted by molar-refractivity contribution is -0.384. The van der Waals surface area contributed by atoms with Crippen molar-refractivity contribution in [1.29, 1.82) is 0 Å². The Hall–Kier alpha value is -3.16. The Labute approximate surface area is 125 Å². The molecule has 0 fully saturated rings. The molecule has 0 aliphatic carbocycles. The normalized spacial score (nSPS) is 10.6. The lowest BCUT2D eigenvalue weighted by Gasteiger charge is -1.99. The number of hydrazone groups is 1. The highest BCUT2D eigenvalue weighted by atomic mass is 16.6. The highest BCUT2D eigenvalue weighted by molar-refractivity contribution is 5.80. The fourth-order valence-electron chi connectivity index (χ4n) is 1.72. The van der Waals surface area contributed by atoms with Gasteiger partial charge in [0.05, 0.1) is 23.3 Å². The van der Waals surface area contributed by atoms with Crippen LogP contribution in [0.15, 0.2) is 45.9 Å². The topological polar surface area (TPSA) is 107 Å². The molecule has 1 amide bonds. The minimum Gasteiger partial charge on any atom is -0.455 e. The first-order valence-electron chi connectivity index (χ1n) is 6.41. The SMILES string of the molecule is CCOC(=O)N/N=C/c1ccc(-c2ccccc2[N+](=O)[O-])o1. The van der Waals surface area contributed by atoms with Crippen LogP contribution in [0.3, 0.4) is 0 Å². The van der Waals surface area contributed by atoms with Crippen LogP contribution < -0.4 is 5.43 Å². The van der Waals surface area contributed by atoms with Gasteiger partial charge >= 0.3 is 6.09 Å². The molecular weight excluding hydrogens is 290 g/mol. The van der Waals surface area contributed by atoms with Gasteiger partial charge in [-0.1, -0.05) is 12.1 Å². The van der Waals surface area contributed by atoms with E-state index in [1.54, 1.807) is 37.3 Å². The first-order valence-corrected chi connectivity index (χ1v) is 6.41. The number of nitro benzene ring substituents is 1. The van der Waals surface area contributed by atoms with Crippen LogP contribution in [0.2, 0.25) is 0 Å². The maximum atomic E-state index is 11.0. The van der Waals surface area contributed by atoms with Crippen molar-refractivity contribution in [3.63, 3.8) is 0 Å². The second-order valence-corrected chi connectivity index (χ2v) is 4.07. The van der Waals surface area contributed by atoms with E-state index in [1.807, 2.05) is 0 Å². The molecule has 0 saturated heterocycles. The molecule has 2 rings (SSSR count). The Balaban J connectivity index is 2.14. The number of rotatable bonds is 5. The molecule has 1 heterocycles. The highest BCUT2D eigenvalue weighted by Crippen LogP contribution is 2.30. The van der Waals surface area contributed by atoms with Gasteiger partial charge in [0.25, 0.3) is 5.69 Å². The second kappa shape index (κ2) is 7.02. The zero-order chi connectivity index (χ0) is 15.9. The molecule has 0 saturated carbocycles. The van der Waals surface area contributed by atoms with Crippen molar-refractivity contribution in [2.75, 3.05) is 6.61 Å². The number of nitro groups is 1. The Bertz CT molecular complexity index is 708. The number of carbonyl (C=O) groups excluding carboxylic acids is 1. The summed E-state index contributed by atoms with van der Waals surface area (Å²) >= 11 is 0. The highest BCUT2D eigenvalue weighted by Gasteiger charge is 2.16. The van der Waals surface area contributed by atoms with E-state index < -0.39 is 11.0 Å². The fourth-order valence-corrected chi connectivity index (χ4v) is 1.72. The second-order valence-electron chi connectivity index (χ2n) is 4.07. The van der Waals surface area contributed by atoms with Gasteiger partial charge in [0.2, 0.25) is 0 Å². The summed E-state index contributed by atoms with van der Waals surface area (Å²) in [5.41, 5.74) is 2.47. The molecule has 0 aliphatic heterocycles. The van der Waals surface area contributed by atoms with Crippen molar-refractivity contribution in [1.82, 2.24) is 5.43 Å². The number of nitrogens with zero attached hydrogens (tertiary/aromatic N) is 2. The molecule has 1 N–H and O–H groups in total. The summed E-state index contributed by atoms with van der Waals surface area (Å²) in [6.07, 6.45) is 0.596. The van der Waals surface area contributed by atoms with E-state index in [0.717, 1.165) is 0 Å². The lowest BCUT2D eigenvalue weighted by atomic mass is 10.1. The van der Waals surface area contributed by atoms with Gasteiger partial charge in [0, 0.05) is 6.07 Å². The Morgan fingerprint density at radius 3 is 2.91 bits per heavy atom. The Morgan fingerprint density at radius 2 is 2.18 bits per heavy atom. The van der Waals surface area contributed by atoms with E-state index in [-0.39, 0.29) is 12.3 Å². The van der Waals surface area contributed by atoms with Crippen LogP contribution in [0.25, 0.3) is 11.3 Å². The third-order valence-electron chi connectivity index (χ3n) is 2.62. The number of amides is 1. The van der Waals surface area contributed by atoms with Crippen LogP contribution in [0.4, 0.5) is 10.5 Å².